The molecule has 2 rings (SSSR count). The van der Waals surface area contributed by atoms with Gasteiger partial charge in [0.1, 0.15) is 0 Å². The molecule has 0 aliphatic heterocycles. The molecule has 0 N–H and O–H groups in total. The molecule has 0 saturated carbocycles. The zero-order chi connectivity index (χ0) is 14.4. The lowest BCUT2D eigenvalue weighted by Crippen LogP contribution is -1.87. The van der Waals surface area contributed by atoms with E-state index in [2.05, 4.69) is 49.7 Å². The summed E-state index contributed by atoms with van der Waals surface area (Å²) < 4.78 is 0. The Morgan fingerprint density at radius 1 is 1.15 bits per heavy atom. The number of nitrogens with zero attached hydrogens (tertiary/aromatic N) is 1. The molecule has 0 radical (unpaired) electrons. The molecule has 1 heteroatoms. The number of pyridine rings is 1. The SMILES string of the molecule is C=C/C=C\C=C(/C)c1cc(C)cc(-c2ccccn2)c1. The summed E-state index contributed by atoms with van der Waals surface area (Å²) in [6.45, 7) is 7.90. The number of allylic oxidation sites excluding steroid dienone is 5. The van der Waals surface area contributed by atoms with E-state index in [0.717, 1.165) is 11.3 Å². The molecule has 1 aromatic heterocycles. The fraction of sp³-hybridized carbons (Fsp3) is 0.105. The lowest BCUT2D eigenvalue weighted by Gasteiger charge is -2.07. The van der Waals surface area contributed by atoms with Gasteiger partial charge < -0.3 is 0 Å². The molecule has 0 atom stereocenters. The third-order valence-corrected chi connectivity index (χ3v) is 3.09. The lowest BCUT2D eigenvalue weighted by molar-refractivity contribution is 1.31. The molecule has 0 spiro atoms. The van der Waals surface area contributed by atoms with Gasteiger partial charge in [-0.1, -0.05) is 43.0 Å². The van der Waals surface area contributed by atoms with Crippen LogP contribution in [0.15, 0.2) is 73.5 Å². The predicted molar refractivity (Wildman–Crippen MR) is 87.4 cm³/mol. The molecule has 0 fully saturated rings. The van der Waals surface area contributed by atoms with Gasteiger partial charge in [-0.3, -0.25) is 4.98 Å². The molecule has 0 bridgehead atoms. The minimum atomic E-state index is 1.01. The van der Waals surface area contributed by atoms with E-state index in [1.54, 1.807) is 6.08 Å². The minimum absolute atomic E-state index is 1.01. The summed E-state index contributed by atoms with van der Waals surface area (Å²) in [4.78, 5) is 4.42. The summed E-state index contributed by atoms with van der Waals surface area (Å²) in [6.07, 6.45) is 9.63. The fourth-order valence-corrected chi connectivity index (χ4v) is 2.07. The topological polar surface area (TPSA) is 12.9 Å². The number of benzene rings is 1. The molecule has 0 amide bonds. The molecule has 0 aliphatic rings. The molecule has 0 aliphatic carbocycles. The van der Waals surface area contributed by atoms with Crippen molar-refractivity contribution in [3.05, 3.63) is 84.6 Å². The van der Waals surface area contributed by atoms with Crippen molar-refractivity contribution in [3.63, 3.8) is 0 Å². The van der Waals surface area contributed by atoms with E-state index in [4.69, 9.17) is 0 Å². The van der Waals surface area contributed by atoms with Gasteiger partial charge in [0.05, 0.1) is 5.69 Å². The van der Waals surface area contributed by atoms with Gasteiger partial charge in [0.25, 0.3) is 0 Å². The summed E-state index contributed by atoms with van der Waals surface area (Å²) in [5.41, 5.74) is 5.85. The van der Waals surface area contributed by atoms with Crippen molar-refractivity contribution in [2.24, 2.45) is 0 Å². The predicted octanol–water partition coefficient (Wildman–Crippen LogP) is 5.20. The van der Waals surface area contributed by atoms with Crippen LogP contribution in [0.1, 0.15) is 18.1 Å². The van der Waals surface area contributed by atoms with Crippen molar-refractivity contribution in [3.8, 4) is 11.3 Å². The maximum absolute atomic E-state index is 4.42. The van der Waals surface area contributed by atoms with Crippen molar-refractivity contribution in [1.82, 2.24) is 4.98 Å². The zero-order valence-corrected chi connectivity index (χ0v) is 12.0. The summed E-state index contributed by atoms with van der Waals surface area (Å²) in [5.74, 6) is 0. The van der Waals surface area contributed by atoms with E-state index in [0.29, 0.717) is 0 Å². The van der Waals surface area contributed by atoms with Crippen molar-refractivity contribution in [2.45, 2.75) is 13.8 Å². The standard InChI is InChI=1S/C19H19N/c1-4-5-6-9-16(3)17-12-15(2)13-18(14-17)19-10-7-8-11-20-19/h4-14H,1H2,2-3H3/b6-5-,16-9+. The number of aromatic nitrogens is 1. The van der Waals surface area contributed by atoms with E-state index in [1.165, 1.54) is 16.7 Å². The number of aryl methyl sites for hydroxylation is 1. The van der Waals surface area contributed by atoms with Crippen LogP contribution >= 0.6 is 0 Å². The Labute approximate surface area is 121 Å². The van der Waals surface area contributed by atoms with Gasteiger partial charge in [0, 0.05) is 11.8 Å². The van der Waals surface area contributed by atoms with E-state index < -0.39 is 0 Å². The highest BCUT2D eigenvalue weighted by Crippen LogP contribution is 2.24. The van der Waals surface area contributed by atoms with Crippen molar-refractivity contribution in [1.29, 1.82) is 0 Å². The molecule has 0 saturated heterocycles. The van der Waals surface area contributed by atoms with E-state index in [1.807, 2.05) is 36.5 Å². The van der Waals surface area contributed by atoms with Gasteiger partial charge in [0.15, 0.2) is 0 Å². The second-order valence-electron chi connectivity index (χ2n) is 4.77. The van der Waals surface area contributed by atoms with Crippen LogP contribution in [0.2, 0.25) is 0 Å². The Morgan fingerprint density at radius 2 is 2.00 bits per heavy atom. The Bertz CT molecular complexity index is 649. The summed E-state index contributed by atoms with van der Waals surface area (Å²) in [5, 5.41) is 0. The average molecular weight is 261 g/mol. The fourth-order valence-electron chi connectivity index (χ4n) is 2.07. The Morgan fingerprint density at radius 3 is 2.70 bits per heavy atom. The van der Waals surface area contributed by atoms with Gasteiger partial charge in [-0.2, -0.15) is 0 Å². The minimum Gasteiger partial charge on any atom is -0.256 e. The van der Waals surface area contributed by atoms with Crippen LogP contribution in [0.4, 0.5) is 0 Å². The zero-order valence-electron chi connectivity index (χ0n) is 12.0. The first-order valence-corrected chi connectivity index (χ1v) is 6.70. The van der Waals surface area contributed by atoms with Gasteiger partial charge >= 0.3 is 0 Å². The Balaban J connectivity index is 2.41. The van der Waals surface area contributed by atoms with Crippen molar-refractivity contribution >= 4 is 5.57 Å². The number of hydrogen-bond donors (Lipinski definition) is 0. The van der Waals surface area contributed by atoms with Crippen LogP contribution in [0.25, 0.3) is 16.8 Å². The maximum atomic E-state index is 4.42. The molecule has 0 unspecified atom stereocenters. The third-order valence-electron chi connectivity index (χ3n) is 3.09. The van der Waals surface area contributed by atoms with Crippen LogP contribution in [-0.4, -0.2) is 4.98 Å². The normalized spacial score (nSPS) is 11.8. The summed E-state index contributed by atoms with van der Waals surface area (Å²) in [7, 11) is 0. The first-order chi connectivity index (χ1) is 9.70. The van der Waals surface area contributed by atoms with E-state index >= 15 is 0 Å². The van der Waals surface area contributed by atoms with Gasteiger partial charge in [-0.25, -0.2) is 0 Å². The molecule has 2 aromatic rings. The highest BCUT2D eigenvalue weighted by atomic mass is 14.7. The van der Waals surface area contributed by atoms with Gasteiger partial charge in [-0.15, -0.1) is 0 Å². The first-order valence-electron chi connectivity index (χ1n) is 6.70. The largest absolute Gasteiger partial charge is 0.256 e. The molecule has 1 aromatic carbocycles. The summed E-state index contributed by atoms with van der Waals surface area (Å²) >= 11 is 0. The first kappa shape index (κ1) is 14.0. The molecule has 100 valence electrons. The quantitative estimate of drug-likeness (QED) is 0.689. The smallest absolute Gasteiger partial charge is 0.0702 e. The van der Waals surface area contributed by atoms with Crippen LogP contribution in [0.5, 0.6) is 0 Å². The van der Waals surface area contributed by atoms with Crippen LogP contribution in [-0.2, 0) is 0 Å². The third kappa shape index (κ3) is 3.55. The monoisotopic (exact) mass is 261 g/mol. The highest BCUT2D eigenvalue weighted by molar-refractivity contribution is 5.72. The summed E-state index contributed by atoms with van der Waals surface area (Å²) in [6, 6.07) is 12.5. The van der Waals surface area contributed by atoms with Crippen LogP contribution < -0.4 is 0 Å². The van der Waals surface area contributed by atoms with Crippen LogP contribution in [0.3, 0.4) is 0 Å². The molecular weight excluding hydrogens is 242 g/mol. The Hall–Kier alpha value is -2.41. The number of hydrogen-bond acceptors (Lipinski definition) is 1. The van der Waals surface area contributed by atoms with Gasteiger partial charge in [0.2, 0.25) is 0 Å². The maximum Gasteiger partial charge on any atom is 0.0702 e. The number of rotatable bonds is 4. The molecule has 1 nitrogen and oxygen atoms in total. The lowest BCUT2D eigenvalue weighted by atomic mass is 9.99. The van der Waals surface area contributed by atoms with Crippen LogP contribution in [0, 0.1) is 6.92 Å². The van der Waals surface area contributed by atoms with E-state index in [-0.39, 0.29) is 0 Å². The van der Waals surface area contributed by atoms with Gasteiger partial charge in [-0.05, 0) is 54.8 Å². The van der Waals surface area contributed by atoms with Crippen molar-refractivity contribution in [2.75, 3.05) is 0 Å². The molecular formula is C19H19N. The second-order valence-corrected chi connectivity index (χ2v) is 4.77. The average Bonchev–Trinajstić information content (AvgIpc) is 2.47. The second kappa shape index (κ2) is 6.67. The highest BCUT2D eigenvalue weighted by Gasteiger charge is 2.03. The van der Waals surface area contributed by atoms with E-state index in [9.17, 15) is 0 Å². The molecule has 20 heavy (non-hydrogen) atoms. The molecule has 1 heterocycles. The Kier molecular flexibility index (Phi) is 4.67. The van der Waals surface area contributed by atoms with Crippen molar-refractivity contribution < 1.29 is 0 Å².